The highest BCUT2D eigenvalue weighted by atomic mass is 16.5. The fourth-order valence-electron chi connectivity index (χ4n) is 1.70. The van der Waals surface area contributed by atoms with E-state index in [2.05, 4.69) is 11.4 Å². The van der Waals surface area contributed by atoms with Crippen molar-refractivity contribution in [3.63, 3.8) is 0 Å². The van der Waals surface area contributed by atoms with Crippen molar-refractivity contribution in [3.8, 4) is 6.07 Å². The Bertz CT molecular complexity index is 185. The van der Waals surface area contributed by atoms with Gasteiger partial charge in [0, 0.05) is 19.8 Å². The van der Waals surface area contributed by atoms with Crippen molar-refractivity contribution in [1.29, 1.82) is 5.26 Å². The minimum atomic E-state index is -0.0783. The van der Waals surface area contributed by atoms with E-state index in [4.69, 9.17) is 15.1 Å². The summed E-state index contributed by atoms with van der Waals surface area (Å²) in [5.74, 6) is 0.410. The van der Waals surface area contributed by atoms with Gasteiger partial charge in [-0.15, -0.1) is 0 Å². The summed E-state index contributed by atoms with van der Waals surface area (Å²) in [4.78, 5) is 0. The first-order valence-electron chi connectivity index (χ1n) is 5.20. The zero-order valence-corrected chi connectivity index (χ0v) is 8.41. The fraction of sp³-hybridized carbons (Fsp3) is 0.900. The van der Waals surface area contributed by atoms with E-state index in [1.165, 1.54) is 0 Å². The summed E-state index contributed by atoms with van der Waals surface area (Å²) in [5.41, 5.74) is 0. The van der Waals surface area contributed by atoms with Crippen LogP contribution in [0.1, 0.15) is 19.3 Å². The Morgan fingerprint density at radius 1 is 1.50 bits per heavy atom. The van der Waals surface area contributed by atoms with E-state index < -0.39 is 0 Å². The van der Waals surface area contributed by atoms with Gasteiger partial charge >= 0.3 is 0 Å². The smallest absolute Gasteiger partial charge is 0.0983 e. The summed E-state index contributed by atoms with van der Waals surface area (Å²) in [5, 5.41) is 20.7. The minimum absolute atomic E-state index is 0.0783. The second kappa shape index (κ2) is 6.77. The molecular formula is C10H18N2O2. The fourth-order valence-corrected chi connectivity index (χ4v) is 1.70. The Kier molecular flexibility index (Phi) is 5.53. The predicted octanol–water partition coefficient (Wildman–Crippen LogP) is 0.277. The molecule has 14 heavy (non-hydrogen) atoms. The molecule has 1 rings (SSSR count). The second-order valence-corrected chi connectivity index (χ2v) is 3.59. The number of nitriles is 1. The Balaban J connectivity index is 2.25. The van der Waals surface area contributed by atoms with Crippen molar-refractivity contribution in [2.75, 3.05) is 26.4 Å². The average Bonchev–Trinajstić information content (AvgIpc) is 2.26. The van der Waals surface area contributed by atoms with Crippen molar-refractivity contribution in [1.82, 2.24) is 5.32 Å². The molecule has 1 fully saturated rings. The van der Waals surface area contributed by atoms with Gasteiger partial charge in [-0.25, -0.2) is 0 Å². The normalized spacial score (nSPS) is 20.3. The number of nitrogens with one attached hydrogen (secondary N) is 1. The molecule has 0 saturated carbocycles. The molecule has 0 aromatic rings. The molecule has 0 aliphatic carbocycles. The first-order valence-corrected chi connectivity index (χ1v) is 5.20. The predicted molar refractivity (Wildman–Crippen MR) is 52.6 cm³/mol. The molecule has 0 radical (unpaired) electrons. The van der Waals surface area contributed by atoms with E-state index in [1.54, 1.807) is 0 Å². The van der Waals surface area contributed by atoms with Crippen molar-refractivity contribution in [3.05, 3.63) is 0 Å². The molecule has 1 unspecified atom stereocenters. The highest BCUT2D eigenvalue weighted by Crippen LogP contribution is 2.18. The molecule has 0 aromatic heterocycles. The van der Waals surface area contributed by atoms with Crippen LogP contribution in [-0.4, -0.2) is 37.5 Å². The topological polar surface area (TPSA) is 65.3 Å². The summed E-state index contributed by atoms with van der Waals surface area (Å²) in [6, 6.07) is 2.20. The van der Waals surface area contributed by atoms with E-state index in [1.807, 2.05) is 0 Å². The SMILES string of the molecule is N#CC(NCCCO)C1CCOCC1. The van der Waals surface area contributed by atoms with Crippen LogP contribution < -0.4 is 5.32 Å². The van der Waals surface area contributed by atoms with Crippen LogP contribution in [-0.2, 0) is 4.74 Å². The quantitative estimate of drug-likeness (QED) is 0.623. The highest BCUT2D eigenvalue weighted by molar-refractivity contribution is 4.95. The molecule has 0 aromatic carbocycles. The Hall–Kier alpha value is -0.630. The Morgan fingerprint density at radius 3 is 2.79 bits per heavy atom. The van der Waals surface area contributed by atoms with Gasteiger partial charge in [0.25, 0.3) is 0 Å². The third kappa shape index (κ3) is 3.62. The Labute approximate surface area is 84.9 Å². The maximum Gasteiger partial charge on any atom is 0.0983 e. The van der Waals surface area contributed by atoms with Crippen molar-refractivity contribution in [2.45, 2.75) is 25.3 Å². The van der Waals surface area contributed by atoms with E-state index in [0.29, 0.717) is 18.9 Å². The summed E-state index contributed by atoms with van der Waals surface area (Å²) in [6.45, 7) is 2.43. The lowest BCUT2D eigenvalue weighted by atomic mass is 9.92. The molecule has 0 spiro atoms. The van der Waals surface area contributed by atoms with Crippen LogP contribution in [0.25, 0.3) is 0 Å². The molecule has 0 amide bonds. The van der Waals surface area contributed by atoms with E-state index in [-0.39, 0.29) is 12.6 Å². The first-order chi connectivity index (χ1) is 6.88. The lowest BCUT2D eigenvalue weighted by Gasteiger charge is -2.26. The largest absolute Gasteiger partial charge is 0.396 e. The summed E-state index contributed by atoms with van der Waals surface area (Å²) >= 11 is 0. The van der Waals surface area contributed by atoms with Crippen LogP contribution in [0.2, 0.25) is 0 Å². The number of rotatable bonds is 5. The van der Waals surface area contributed by atoms with Crippen molar-refractivity contribution < 1.29 is 9.84 Å². The maximum atomic E-state index is 8.96. The summed E-state index contributed by atoms with van der Waals surface area (Å²) < 4.78 is 5.24. The van der Waals surface area contributed by atoms with Crippen LogP contribution >= 0.6 is 0 Å². The minimum Gasteiger partial charge on any atom is -0.396 e. The molecule has 1 atom stereocenters. The highest BCUT2D eigenvalue weighted by Gasteiger charge is 2.22. The second-order valence-electron chi connectivity index (χ2n) is 3.59. The van der Waals surface area contributed by atoms with Gasteiger partial charge in [-0.2, -0.15) is 5.26 Å². The van der Waals surface area contributed by atoms with Crippen LogP contribution in [0.4, 0.5) is 0 Å². The lowest BCUT2D eigenvalue weighted by Crippen LogP contribution is -2.38. The number of aliphatic hydroxyl groups excluding tert-OH is 1. The number of ether oxygens (including phenoxy) is 1. The number of hydrogen-bond donors (Lipinski definition) is 2. The number of nitrogens with zero attached hydrogens (tertiary/aromatic N) is 1. The first kappa shape index (κ1) is 11.4. The lowest BCUT2D eigenvalue weighted by molar-refractivity contribution is 0.0597. The molecule has 4 heteroatoms. The molecule has 2 N–H and O–H groups in total. The van der Waals surface area contributed by atoms with Gasteiger partial charge in [-0.1, -0.05) is 0 Å². The van der Waals surface area contributed by atoms with Crippen molar-refractivity contribution >= 4 is 0 Å². The molecule has 1 aliphatic heterocycles. The molecule has 0 bridgehead atoms. The number of hydrogen-bond acceptors (Lipinski definition) is 4. The molecule has 1 aliphatic rings. The molecular weight excluding hydrogens is 180 g/mol. The number of aliphatic hydroxyl groups is 1. The van der Waals surface area contributed by atoms with Crippen LogP contribution in [0.5, 0.6) is 0 Å². The molecule has 1 saturated heterocycles. The average molecular weight is 198 g/mol. The zero-order chi connectivity index (χ0) is 10.2. The van der Waals surface area contributed by atoms with Gasteiger partial charge in [0.1, 0.15) is 0 Å². The van der Waals surface area contributed by atoms with Gasteiger partial charge in [0.15, 0.2) is 0 Å². The standard InChI is InChI=1S/C10H18N2O2/c11-8-10(12-4-1-5-13)9-2-6-14-7-3-9/h9-10,12-13H,1-7H2. The van der Waals surface area contributed by atoms with E-state index >= 15 is 0 Å². The van der Waals surface area contributed by atoms with Crippen molar-refractivity contribution in [2.24, 2.45) is 5.92 Å². The van der Waals surface area contributed by atoms with Crippen LogP contribution in [0, 0.1) is 17.2 Å². The summed E-state index contributed by atoms with van der Waals surface area (Å²) in [6.07, 6.45) is 2.64. The van der Waals surface area contributed by atoms with Crippen LogP contribution in [0.15, 0.2) is 0 Å². The monoisotopic (exact) mass is 198 g/mol. The van der Waals surface area contributed by atoms with Gasteiger partial charge in [0.05, 0.1) is 12.1 Å². The van der Waals surface area contributed by atoms with Gasteiger partial charge in [-0.3, -0.25) is 0 Å². The Morgan fingerprint density at radius 2 is 2.21 bits per heavy atom. The zero-order valence-electron chi connectivity index (χ0n) is 8.41. The molecule has 80 valence electrons. The van der Waals surface area contributed by atoms with Gasteiger partial charge in [0.2, 0.25) is 0 Å². The third-order valence-electron chi connectivity index (χ3n) is 2.58. The van der Waals surface area contributed by atoms with E-state index in [9.17, 15) is 0 Å². The third-order valence-corrected chi connectivity index (χ3v) is 2.58. The van der Waals surface area contributed by atoms with Gasteiger partial charge < -0.3 is 15.2 Å². The maximum absolute atomic E-state index is 8.96. The van der Waals surface area contributed by atoms with Gasteiger partial charge in [-0.05, 0) is 31.7 Å². The van der Waals surface area contributed by atoms with E-state index in [0.717, 1.165) is 26.1 Å². The van der Waals surface area contributed by atoms with Crippen LogP contribution in [0.3, 0.4) is 0 Å². The molecule has 1 heterocycles. The summed E-state index contributed by atoms with van der Waals surface area (Å²) in [7, 11) is 0. The molecule has 4 nitrogen and oxygen atoms in total.